The van der Waals surface area contributed by atoms with Gasteiger partial charge < -0.3 is 4.42 Å². The van der Waals surface area contributed by atoms with E-state index in [0.29, 0.717) is 17.5 Å². The zero-order valence-corrected chi connectivity index (χ0v) is 27.5. The van der Waals surface area contributed by atoms with Crippen LogP contribution in [0.1, 0.15) is 0 Å². The van der Waals surface area contributed by atoms with E-state index < -0.39 is 0 Å². The molecule has 4 nitrogen and oxygen atoms in total. The Hall–Kier alpha value is -6.91. The molecule has 0 atom stereocenters. The standard InChI is InChI=1S/C47H29N3O/c1-3-13-30(14-4-1)33-18-11-20-36(27-33)46-48-45(32-16-5-2-6-17-32)49-47(50-46)37-21-12-19-34(28-37)40-29-35-26-25-31-15-7-8-22-38(31)42(35)44-43(40)39-23-9-10-24-41(39)51-44/h1-29H. The predicted molar refractivity (Wildman–Crippen MR) is 209 cm³/mol. The van der Waals surface area contributed by atoms with E-state index in [1.54, 1.807) is 0 Å². The van der Waals surface area contributed by atoms with Crippen molar-refractivity contribution in [3.63, 3.8) is 0 Å². The molecule has 0 bridgehead atoms. The Bertz CT molecular complexity index is 2910. The van der Waals surface area contributed by atoms with Gasteiger partial charge in [0.1, 0.15) is 11.2 Å². The number of aromatic nitrogens is 3. The molecule has 0 saturated carbocycles. The van der Waals surface area contributed by atoms with E-state index in [0.717, 1.165) is 71.7 Å². The first-order valence-corrected chi connectivity index (χ1v) is 17.1. The highest BCUT2D eigenvalue weighted by molar-refractivity contribution is 6.27. The number of hydrogen-bond acceptors (Lipinski definition) is 4. The highest BCUT2D eigenvalue weighted by Gasteiger charge is 2.19. The Morgan fingerprint density at radius 3 is 1.61 bits per heavy atom. The van der Waals surface area contributed by atoms with Crippen LogP contribution in [0.2, 0.25) is 0 Å². The molecule has 0 saturated heterocycles. The largest absolute Gasteiger partial charge is 0.455 e. The van der Waals surface area contributed by atoms with E-state index in [9.17, 15) is 0 Å². The summed E-state index contributed by atoms with van der Waals surface area (Å²) in [5.41, 5.74) is 8.97. The van der Waals surface area contributed by atoms with Gasteiger partial charge in [-0.25, -0.2) is 15.0 Å². The van der Waals surface area contributed by atoms with Crippen molar-refractivity contribution in [2.45, 2.75) is 0 Å². The Morgan fingerprint density at radius 1 is 0.333 bits per heavy atom. The second-order valence-electron chi connectivity index (χ2n) is 12.8. The molecule has 51 heavy (non-hydrogen) atoms. The molecular formula is C47H29N3O. The zero-order chi connectivity index (χ0) is 33.7. The molecule has 238 valence electrons. The summed E-state index contributed by atoms with van der Waals surface area (Å²) in [7, 11) is 0. The van der Waals surface area contributed by atoms with Gasteiger partial charge in [0.05, 0.1) is 0 Å². The average Bonchev–Trinajstić information content (AvgIpc) is 3.61. The molecular weight excluding hydrogens is 623 g/mol. The molecule has 0 unspecified atom stereocenters. The maximum absolute atomic E-state index is 6.69. The molecule has 10 aromatic rings. The summed E-state index contributed by atoms with van der Waals surface area (Å²) in [5.74, 6) is 1.88. The minimum Gasteiger partial charge on any atom is -0.455 e. The summed E-state index contributed by atoms with van der Waals surface area (Å²) in [4.78, 5) is 15.2. The zero-order valence-electron chi connectivity index (χ0n) is 27.5. The van der Waals surface area contributed by atoms with Crippen molar-refractivity contribution >= 4 is 43.5 Å². The molecule has 8 aromatic carbocycles. The van der Waals surface area contributed by atoms with Crippen molar-refractivity contribution in [1.82, 2.24) is 15.0 Å². The molecule has 2 heterocycles. The van der Waals surface area contributed by atoms with E-state index in [2.05, 4.69) is 133 Å². The summed E-state index contributed by atoms with van der Waals surface area (Å²) < 4.78 is 6.69. The lowest BCUT2D eigenvalue weighted by Gasteiger charge is -2.12. The van der Waals surface area contributed by atoms with Crippen molar-refractivity contribution < 1.29 is 4.42 Å². The molecule has 0 spiro atoms. The molecule has 0 aliphatic carbocycles. The summed E-state index contributed by atoms with van der Waals surface area (Å²) >= 11 is 0. The monoisotopic (exact) mass is 651 g/mol. The fraction of sp³-hybridized carbons (Fsp3) is 0. The predicted octanol–water partition coefficient (Wildman–Crippen LogP) is 12.4. The SMILES string of the molecule is c1ccc(-c2cccc(-c3nc(-c4ccccc4)nc(-c4cccc(-c5cc6ccc7ccccc7c6c6oc7ccccc7c56)c4)n3)c2)cc1. The molecule has 0 N–H and O–H groups in total. The lowest BCUT2D eigenvalue weighted by Crippen LogP contribution is -2.00. The first-order chi connectivity index (χ1) is 25.3. The second-order valence-corrected chi connectivity index (χ2v) is 12.8. The molecule has 10 rings (SSSR count). The van der Waals surface area contributed by atoms with E-state index >= 15 is 0 Å². The van der Waals surface area contributed by atoms with Crippen LogP contribution in [-0.4, -0.2) is 15.0 Å². The van der Waals surface area contributed by atoms with Gasteiger partial charge in [-0.15, -0.1) is 0 Å². The lowest BCUT2D eigenvalue weighted by atomic mass is 9.92. The molecule has 2 aromatic heterocycles. The molecule has 0 radical (unpaired) electrons. The van der Waals surface area contributed by atoms with Crippen LogP contribution in [0, 0.1) is 0 Å². The number of para-hydroxylation sites is 1. The van der Waals surface area contributed by atoms with Gasteiger partial charge in [0.25, 0.3) is 0 Å². The molecule has 0 aliphatic rings. The van der Waals surface area contributed by atoms with Gasteiger partial charge >= 0.3 is 0 Å². The van der Waals surface area contributed by atoms with E-state index in [4.69, 9.17) is 19.4 Å². The van der Waals surface area contributed by atoms with Gasteiger partial charge in [-0.3, -0.25) is 0 Å². The second kappa shape index (κ2) is 11.9. The minimum absolute atomic E-state index is 0.617. The topological polar surface area (TPSA) is 51.8 Å². The third kappa shape index (κ3) is 5.04. The normalized spacial score (nSPS) is 11.5. The number of hydrogen-bond donors (Lipinski definition) is 0. The van der Waals surface area contributed by atoms with Crippen molar-refractivity contribution in [3.05, 3.63) is 176 Å². The lowest BCUT2D eigenvalue weighted by molar-refractivity contribution is 0.673. The Labute approximate surface area is 294 Å². The maximum Gasteiger partial charge on any atom is 0.164 e. The van der Waals surface area contributed by atoms with Crippen LogP contribution in [0.3, 0.4) is 0 Å². The molecule has 4 heteroatoms. The Morgan fingerprint density at radius 2 is 0.863 bits per heavy atom. The summed E-state index contributed by atoms with van der Waals surface area (Å²) in [6.07, 6.45) is 0. The van der Waals surface area contributed by atoms with Crippen molar-refractivity contribution in [1.29, 1.82) is 0 Å². The third-order valence-electron chi connectivity index (χ3n) is 9.68. The van der Waals surface area contributed by atoms with Crippen LogP contribution < -0.4 is 0 Å². The van der Waals surface area contributed by atoms with Crippen LogP contribution in [-0.2, 0) is 0 Å². The summed E-state index contributed by atoms with van der Waals surface area (Å²) in [6.45, 7) is 0. The van der Waals surface area contributed by atoms with Crippen molar-refractivity contribution in [2.75, 3.05) is 0 Å². The van der Waals surface area contributed by atoms with Gasteiger partial charge in [0.15, 0.2) is 17.5 Å². The van der Waals surface area contributed by atoms with Gasteiger partial charge in [-0.1, -0.05) is 152 Å². The van der Waals surface area contributed by atoms with Gasteiger partial charge in [-0.05, 0) is 62.7 Å². The van der Waals surface area contributed by atoms with Crippen LogP contribution in [0.5, 0.6) is 0 Å². The van der Waals surface area contributed by atoms with E-state index in [-0.39, 0.29) is 0 Å². The van der Waals surface area contributed by atoms with Crippen molar-refractivity contribution in [2.24, 2.45) is 0 Å². The van der Waals surface area contributed by atoms with Crippen LogP contribution in [0.4, 0.5) is 0 Å². The average molecular weight is 652 g/mol. The highest BCUT2D eigenvalue weighted by Crippen LogP contribution is 2.44. The molecule has 0 fully saturated rings. The summed E-state index contributed by atoms with van der Waals surface area (Å²) in [6, 6.07) is 60.9. The van der Waals surface area contributed by atoms with Gasteiger partial charge in [0, 0.05) is 32.8 Å². The first-order valence-electron chi connectivity index (χ1n) is 17.1. The molecule has 0 aliphatic heterocycles. The van der Waals surface area contributed by atoms with Gasteiger partial charge in [-0.2, -0.15) is 0 Å². The van der Waals surface area contributed by atoms with Crippen LogP contribution >= 0.6 is 0 Å². The summed E-state index contributed by atoms with van der Waals surface area (Å²) in [5, 5.41) is 6.83. The van der Waals surface area contributed by atoms with Crippen molar-refractivity contribution in [3.8, 4) is 56.4 Å². The van der Waals surface area contributed by atoms with Crippen LogP contribution in [0.15, 0.2) is 180 Å². The molecule has 0 amide bonds. The minimum atomic E-state index is 0.617. The Kier molecular flexibility index (Phi) is 6.78. The first kappa shape index (κ1) is 29.0. The third-order valence-corrected chi connectivity index (χ3v) is 9.68. The van der Waals surface area contributed by atoms with E-state index in [1.807, 2.05) is 42.5 Å². The fourth-order valence-corrected chi connectivity index (χ4v) is 7.25. The van der Waals surface area contributed by atoms with Gasteiger partial charge in [0.2, 0.25) is 0 Å². The smallest absolute Gasteiger partial charge is 0.164 e. The number of rotatable bonds is 5. The number of furan rings is 1. The number of benzene rings is 8. The fourth-order valence-electron chi connectivity index (χ4n) is 7.25. The number of nitrogens with zero attached hydrogens (tertiary/aromatic N) is 3. The Balaban J connectivity index is 1.18. The van der Waals surface area contributed by atoms with E-state index in [1.165, 1.54) is 10.8 Å². The maximum atomic E-state index is 6.69. The highest BCUT2D eigenvalue weighted by atomic mass is 16.3. The number of fused-ring (bicyclic) bond motifs is 7. The van der Waals surface area contributed by atoms with Crippen LogP contribution in [0.25, 0.3) is 99.9 Å². The quantitative estimate of drug-likeness (QED) is 0.174.